The van der Waals surface area contributed by atoms with Crippen LogP contribution in [-0.2, 0) is 4.84 Å². The van der Waals surface area contributed by atoms with Crippen molar-refractivity contribution in [2.75, 3.05) is 6.61 Å². The van der Waals surface area contributed by atoms with Crippen LogP contribution >= 0.6 is 0 Å². The third kappa shape index (κ3) is 3.62. The Morgan fingerprint density at radius 3 is 2.42 bits per heavy atom. The molecule has 0 aliphatic rings. The fourth-order valence-corrected chi connectivity index (χ4v) is 3.06. The molecule has 132 valence electrons. The standard InChI is InChI=1S/C23H24N2O/c1-5-15-26-24-18(3)22-16-23(20-9-7-6-8-10-20)25(19(22)4)21-13-11-17(2)12-14-21/h5-14,16H,1,15H2,2-4H3. The first-order valence-corrected chi connectivity index (χ1v) is 8.74. The Morgan fingerprint density at radius 2 is 1.77 bits per heavy atom. The van der Waals surface area contributed by atoms with Crippen molar-refractivity contribution in [3.05, 3.63) is 90.1 Å². The van der Waals surface area contributed by atoms with E-state index < -0.39 is 0 Å². The molecule has 1 heterocycles. The van der Waals surface area contributed by atoms with Crippen LogP contribution in [0.1, 0.15) is 23.7 Å². The Hall–Kier alpha value is -3.07. The predicted molar refractivity (Wildman–Crippen MR) is 109 cm³/mol. The molecule has 0 amide bonds. The number of rotatable bonds is 6. The number of aryl methyl sites for hydroxylation is 1. The van der Waals surface area contributed by atoms with Gasteiger partial charge in [-0.1, -0.05) is 65.8 Å². The number of hydrogen-bond acceptors (Lipinski definition) is 2. The molecular weight excluding hydrogens is 320 g/mol. The molecule has 0 aliphatic carbocycles. The Morgan fingerprint density at radius 1 is 1.08 bits per heavy atom. The van der Waals surface area contributed by atoms with Gasteiger partial charge in [-0.05, 0) is 44.5 Å². The van der Waals surface area contributed by atoms with Gasteiger partial charge in [0.25, 0.3) is 0 Å². The van der Waals surface area contributed by atoms with E-state index in [1.165, 1.54) is 11.1 Å². The largest absolute Gasteiger partial charge is 0.391 e. The van der Waals surface area contributed by atoms with Crippen molar-refractivity contribution in [2.45, 2.75) is 20.8 Å². The quantitative estimate of drug-likeness (QED) is 0.244. The van der Waals surface area contributed by atoms with Crippen molar-refractivity contribution in [3.8, 4) is 16.9 Å². The Balaban J connectivity index is 2.16. The molecule has 26 heavy (non-hydrogen) atoms. The molecule has 0 unspecified atom stereocenters. The monoisotopic (exact) mass is 344 g/mol. The first-order chi connectivity index (χ1) is 12.6. The lowest BCUT2D eigenvalue weighted by Gasteiger charge is -2.13. The third-order valence-corrected chi connectivity index (χ3v) is 4.39. The molecule has 0 atom stereocenters. The summed E-state index contributed by atoms with van der Waals surface area (Å²) in [4.78, 5) is 5.29. The van der Waals surface area contributed by atoms with Crippen LogP contribution in [-0.4, -0.2) is 16.9 Å². The van der Waals surface area contributed by atoms with Crippen molar-refractivity contribution in [3.63, 3.8) is 0 Å². The number of hydrogen-bond donors (Lipinski definition) is 0. The van der Waals surface area contributed by atoms with E-state index in [0.29, 0.717) is 6.61 Å². The second kappa shape index (κ2) is 7.87. The molecule has 2 aromatic carbocycles. The van der Waals surface area contributed by atoms with Crippen molar-refractivity contribution >= 4 is 5.71 Å². The van der Waals surface area contributed by atoms with Crippen LogP contribution in [0.5, 0.6) is 0 Å². The molecule has 3 aromatic rings. The maximum Gasteiger partial charge on any atom is 0.135 e. The second-order valence-electron chi connectivity index (χ2n) is 6.33. The van der Waals surface area contributed by atoms with Gasteiger partial charge in [0, 0.05) is 16.9 Å². The highest BCUT2D eigenvalue weighted by molar-refractivity contribution is 6.01. The lowest BCUT2D eigenvalue weighted by molar-refractivity contribution is 0.175. The zero-order valence-electron chi connectivity index (χ0n) is 15.6. The summed E-state index contributed by atoms with van der Waals surface area (Å²) < 4.78 is 2.27. The van der Waals surface area contributed by atoms with Crippen molar-refractivity contribution in [2.24, 2.45) is 5.16 Å². The Labute approximate surface area is 155 Å². The number of oxime groups is 1. The predicted octanol–water partition coefficient (Wildman–Crippen LogP) is 5.69. The van der Waals surface area contributed by atoms with E-state index >= 15 is 0 Å². The van der Waals surface area contributed by atoms with Crippen LogP contribution in [0.25, 0.3) is 16.9 Å². The lowest BCUT2D eigenvalue weighted by atomic mass is 10.1. The van der Waals surface area contributed by atoms with Crippen molar-refractivity contribution in [1.82, 2.24) is 4.57 Å². The van der Waals surface area contributed by atoms with Gasteiger partial charge in [0.2, 0.25) is 0 Å². The van der Waals surface area contributed by atoms with E-state index in [1.54, 1.807) is 6.08 Å². The number of benzene rings is 2. The Kier molecular flexibility index (Phi) is 5.37. The molecule has 0 aliphatic heterocycles. The molecule has 3 rings (SSSR count). The molecule has 0 spiro atoms. The summed E-state index contributed by atoms with van der Waals surface area (Å²) in [5.41, 5.74) is 7.76. The summed E-state index contributed by atoms with van der Waals surface area (Å²) in [6.07, 6.45) is 1.69. The van der Waals surface area contributed by atoms with Gasteiger partial charge < -0.3 is 9.40 Å². The average molecular weight is 344 g/mol. The fourth-order valence-electron chi connectivity index (χ4n) is 3.06. The van der Waals surface area contributed by atoms with Crippen LogP contribution in [0.2, 0.25) is 0 Å². The van der Waals surface area contributed by atoms with E-state index in [2.05, 4.69) is 84.7 Å². The summed E-state index contributed by atoms with van der Waals surface area (Å²) in [6, 6.07) is 21.2. The minimum absolute atomic E-state index is 0.403. The van der Waals surface area contributed by atoms with Gasteiger partial charge in [0.1, 0.15) is 6.61 Å². The average Bonchev–Trinajstić information content (AvgIpc) is 3.01. The van der Waals surface area contributed by atoms with E-state index in [9.17, 15) is 0 Å². The molecule has 0 radical (unpaired) electrons. The smallest absolute Gasteiger partial charge is 0.135 e. The summed E-state index contributed by atoms with van der Waals surface area (Å²) in [6.45, 7) is 10.2. The highest BCUT2D eigenvalue weighted by Gasteiger charge is 2.16. The van der Waals surface area contributed by atoms with Crippen LogP contribution < -0.4 is 0 Å². The van der Waals surface area contributed by atoms with E-state index in [1.807, 2.05) is 13.0 Å². The first-order valence-electron chi connectivity index (χ1n) is 8.74. The van der Waals surface area contributed by atoms with Gasteiger partial charge in [-0.15, -0.1) is 0 Å². The van der Waals surface area contributed by atoms with Gasteiger partial charge in [-0.25, -0.2) is 0 Å². The van der Waals surface area contributed by atoms with Crippen LogP contribution in [0.15, 0.2) is 78.5 Å². The topological polar surface area (TPSA) is 26.5 Å². The van der Waals surface area contributed by atoms with E-state index in [4.69, 9.17) is 4.84 Å². The molecule has 0 N–H and O–H groups in total. The minimum Gasteiger partial charge on any atom is -0.391 e. The molecule has 0 saturated heterocycles. The highest BCUT2D eigenvalue weighted by Crippen LogP contribution is 2.30. The highest BCUT2D eigenvalue weighted by atomic mass is 16.6. The molecule has 3 nitrogen and oxygen atoms in total. The summed E-state index contributed by atoms with van der Waals surface area (Å²) in [7, 11) is 0. The maximum absolute atomic E-state index is 5.29. The minimum atomic E-state index is 0.403. The van der Waals surface area contributed by atoms with Gasteiger partial charge in [-0.3, -0.25) is 0 Å². The summed E-state index contributed by atoms with van der Waals surface area (Å²) >= 11 is 0. The van der Waals surface area contributed by atoms with E-state index in [0.717, 1.165) is 28.4 Å². The van der Waals surface area contributed by atoms with Crippen LogP contribution in [0.4, 0.5) is 0 Å². The van der Waals surface area contributed by atoms with Gasteiger partial charge in [0.05, 0.1) is 11.4 Å². The number of nitrogens with zero attached hydrogens (tertiary/aromatic N) is 2. The van der Waals surface area contributed by atoms with Crippen LogP contribution in [0, 0.1) is 13.8 Å². The SMILES string of the molecule is C=CCON=C(C)c1cc(-c2ccccc2)n(-c2ccc(C)cc2)c1C. The second-order valence-corrected chi connectivity index (χ2v) is 6.33. The van der Waals surface area contributed by atoms with Gasteiger partial charge in [0.15, 0.2) is 0 Å². The summed E-state index contributed by atoms with van der Waals surface area (Å²) in [5.74, 6) is 0. The van der Waals surface area contributed by atoms with Crippen LogP contribution in [0.3, 0.4) is 0 Å². The van der Waals surface area contributed by atoms with Crippen molar-refractivity contribution < 1.29 is 4.84 Å². The van der Waals surface area contributed by atoms with E-state index in [-0.39, 0.29) is 0 Å². The summed E-state index contributed by atoms with van der Waals surface area (Å²) in [5, 5.41) is 4.23. The Bertz CT molecular complexity index is 919. The van der Waals surface area contributed by atoms with Gasteiger partial charge in [-0.2, -0.15) is 0 Å². The van der Waals surface area contributed by atoms with Crippen molar-refractivity contribution in [1.29, 1.82) is 0 Å². The molecule has 0 fully saturated rings. The molecule has 3 heteroatoms. The maximum atomic E-state index is 5.29. The van der Waals surface area contributed by atoms with Gasteiger partial charge >= 0.3 is 0 Å². The zero-order chi connectivity index (χ0) is 18.5. The molecule has 0 saturated carbocycles. The first kappa shape index (κ1) is 17.7. The molecular formula is C23H24N2O. The normalized spacial score (nSPS) is 11.4. The zero-order valence-corrected chi connectivity index (χ0v) is 15.6. The molecule has 1 aromatic heterocycles. The lowest BCUT2D eigenvalue weighted by Crippen LogP contribution is -2.02. The molecule has 0 bridgehead atoms. The fraction of sp³-hybridized carbons (Fsp3) is 0.174. The number of aromatic nitrogens is 1. The third-order valence-electron chi connectivity index (χ3n) is 4.39.